The molecule has 10 nitrogen and oxygen atoms in total. The minimum Gasteiger partial charge on any atom is -0.389 e. The molecule has 2 atom stereocenters. The molecule has 34 heavy (non-hydrogen) atoms. The summed E-state index contributed by atoms with van der Waals surface area (Å²) in [5, 5.41) is 9.72. The fourth-order valence-corrected chi connectivity index (χ4v) is 6.10. The van der Waals surface area contributed by atoms with Crippen molar-refractivity contribution in [2.45, 2.75) is 30.3 Å². The SMILES string of the molecule is C[C@H]1CN(S(=O)(=O)c2cnc(N3CC(O)C3)nc2)CC[C@H]1c1[nH]c(-c2ccc(F)cn2)nc1Cl. The Kier molecular flexibility index (Phi) is 6.00. The number of nitrogens with one attached hydrogen (secondary N) is 1. The molecule has 180 valence electrons. The number of rotatable bonds is 5. The van der Waals surface area contributed by atoms with E-state index < -0.39 is 21.9 Å². The van der Waals surface area contributed by atoms with Crippen molar-refractivity contribution in [3.8, 4) is 11.5 Å². The number of hydrogen-bond acceptors (Lipinski definition) is 8. The molecule has 2 aliphatic rings. The number of imidazole rings is 1. The predicted octanol–water partition coefficient (Wildman–Crippen LogP) is 2.05. The number of sulfonamides is 1. The fourth-order valence-electron chi connectivity index (χ4n) is 4.38. The van der Waals surface area contributed by atoms with E-state index in [2.05, 4.69) is 24.9 Å². The summed E-state index contributed by atoms with van der Waals surface area (Å²) in [4.78, 5) is 21.7. The van der Waals surface area contributed by atoms with Crippen LogP contribution in [0.4, 0.5) is 10.3 Å². The van der Waals surface area contributed by atoms with Crippen LogP contribution in [0.15, 0.2) is 35.6 Å². The number of aromatic nitrogens is 5. The van der Waals surface area contributed by atoms with E-state index in [4.69, 9.17) is 11.6 Å². The molecule has 0 spiro atoms. The van der Waals surface area contributed by atoms with Gasteiger partial charge in [-0.05, 0) is 24.5 Å². The van der Waals surface area contributed by atoms with Crippen LogP contribution >= 0.6 is 11.6 Å². The highest BCUT2D eigenvalue weighted by molar-refractivity contribution is 7.89. The van der Waals surface area contributed by atoms with Crippen molar-refractivity contribution in [2.24, 2.45) is 5.92 Å². The molecule has 2 saturated heterocycles. The first-order valence-electron chi connectivity index (χ1n) is 10.8. The van der Waals surface area contributed by atoms with Gasteiger partial charge in [-0.25, -0.2) is 32.7 Å². The van der Waals surface area contributed by atoms with Gasteiger partial charge in [0.05, 0.1) is 30.4 Å². The molecule has 0 saturated carbocycles. The summed E-state index contributed by atoms with van der Waals surface area (Å²) in [6, 6.07) is 2.82. The lowest BCUT2D eigenvalue weighted by Gasteiger charge is -2.36. The van der Waals surface area contributed by atoms with Gasteiger partial charge in [0.15, 0.2) is 11.0 Å². The molecule has 2 fully saturated rings. The quantitative estimate of drug-likeness (QED) is 0.537. The molecule has 0 aliphatic carbocycles. The van der Waals surface area contributed by atoms with Crippen molar-refractivity contribution >= 4 is 27.6 Å². The second-order valence-electron chi connectivity index (χ2n) is 8.66. The van der Waals surface area contributed by atoms with E-state index in [9.17, 15) is 17.9 Å². The summed E-state index contributed by atoms with van der Waals surface area (Å²) < 4.78 is 41.0. The smallest absolute Gasteiger partial charge is 0.246 e. The lowest BCUT2D eigenvalue weighted by atomic mass is 9.86. The van der Waals surface area contributed by atoms with Crippen LogP contribution in [0.5, 0.6) is 0 Å². The van der Waals surface area contributed by atoms with E-state index >= 15 is 0 Å². The third-order valence-corrected chi connectivity index (χ3v) is 8.40. The highest BCUT2D eigenvalue weighted by Crippen LogP contribution is 2.38. The van der Waals surface area contributed by atoms with Gasteiger partial charge >= 0.3 is 0 Å². The minimum absolute atomic E-state index is 0.0304. The Hall–Kier alpha value is -2.67. The van der Waals surface area contributed by atoms with Gasteiger partial charge in [0.25, 0.3) is 0 Å². The van der Waals surface area contributed by atoms with Crippen molar-refractivity contribution in [1.29, 1.82) is 0 Å². The van der Waals surface area contributed by atoms with Crippen molar-refractivity contribution in [3.63, 3.8) is 0 Å². The molecule has 3 aromatic rings. The van der Waals surface area contributed by atoms with Gasteiger partial charge in [-0.15, -0.1) is 0 Å². The van der Waals surface area contributed by atoms with Gasteiger partial charge in [-0.2, -0.15) is 4.31 Å². The molecule has 0 aromatic carbocycles. The van der Waals surface area contributed by atoms with E-state index in [0.717, 1.165) is 11.9 Å². The summed E-state index contributed by atoms with van der Waals surface area (Å²) in [5.74, 6) is 0.324. The lowest BCUT2D eigenvalue weighted by Crippen LogP contribution is -2.51. The third kappa shape index (κ3) is 4.26. The first-order chi connectivity index (χ1) is 16.2. The number of hydrogen-bond donors (Lipinski definition) is 2. The Morgan fingerprint density at radius 1 is 1.15 bits per heavy atom. The topological polar surface area (TPSA) is 128 Å². The molecule has 0 radical (unpaired) electrons. The predicted molar refractivity (Wildman–Crippen MR) is 122 cm³/mol. The van der Waals surface area contributed by atoms with Crippen LogP contribution in [0.1, 0.15) is 25.0 Å². The molecule has 3 aromatic heterocycles. The number of aliphatic hydroxyl groups is 1. The van der Waals surface area contributed by atoms with E-state index in [-0.39, 0.29) is 16.7 Å². The van der Waals surface area contributed by atoms with Crippen molar-refractivity contribution in [2.75, 3.05) is 31.1 Å². The monoisotopic (exact) mass is 507 g/mol. The number of H-pyrrole nitrogens is 1. The lowest BCUT2D eigenvalue weighted by molar-refractivity contribution is 0.140. The highest BCUT2D eigenvalue weighted by Gasteiger charge is 2.36. The van der Waals surface area contributed by atoms with Crippen LogP contribution in [0, 0.1) is 11.7 Å². The number of piperidine rings is 1. The Morgan fingerprint density at radius 3 is 2.50 bits per heavy atom. The summed E-state index contributed by atoms with van der Waals surface area (Å²) in [7, 11) is -3.76. The van der Waals surface area contributed by atoms with Crippen molar-refractivity contribution in [3.05, 3.63) is 47.4 Å². The first-order valence-corrected chi connectivity index (χ1v) is 12.7. The Labute approximate surface area is 200 Å². The van der Waals surface area contributed by atoms with Crippen LogP contribution < -0.4 is 4.90 Å². The standard InChI is InChI=1S/C21H23ClFN7O3S/c1-12-9-30(34(32,33)15-7-25-21(26-8-15)29-10-14(31)11-29)5-4-16(12)18-19(22)28-20(27-18)17-3-2-13(23)6-24-17/h2-3,6-8,12,14,16,31H,4-5,9-11H2,1H3,(H,27,28)/t12-,16+/m0/s1. The Balaban J connectivity index is 1.29. The molecule has 0 unspecified atom stereocenters. The van der Waals surface area contributed by atoms with Crippen LogP contribution in [-0.4, -0.2) is 75.0 Å². The van der Waals surface area contributed by atoms with Crippen molar-refractivity contribution in [1.82, 2.24) is 29.2 Å². The van der Waals surface area contributed by atoms with Gasteiger partial charge in [-0.3, -0.25) is 0 Å². The van der Waals surface area contributed by atoms with Crippen LogP contribution in [0.2, 0.25) is 5.15 Å². The largest absolute Gasteiger partial charge is 0.389 e. The average Bonchev–Trinajstić information content (AvgIpc) is 3.18. The van der Waals surface area contributed by atoms with Gasteiger partial charge in [0.1, 0.15) is 16.4 Å². The number of nitrogens with zero attached hydrogens (tertiary/aromatic N) is 6. The van der Waals surface area contributed by atoms with E-state index in [0.29, 0.717) is 55.2 Å². The molecule has 5 heterocycles. The van der Waals surface area contributed by atoms with Crippen LogP contribution in [0.25, 0.3) is 11.5 Å². The minimum atomic E-state index is -3.76. The van der Waals surface area contributed by atoms with Gasteiger partial charge < -0.3 is 15.0 Å². The molecule has 0 bridgehead atoms. The summed E-state index contributed by atoms with van der Waals surface area (Å²) in [6.07, 6.45) is 3.88. The number of aliphatic hydroxyl groups excluding tert-OH is 1. The molecular formula is C21H23ClFN7O3S. The maximum atomic E-state index is 13.2. The van der Waals surface area contributed by atoms with E-state index in [1.165, 1.54) is 28.8 Å². The second-order valence-corrected chi connectivity index (χ2v) is 11.0. The fraction of sp³-hybridized carbons (Fsp3) is 0.429. The summed E-state index contributed by atoms with van der Waals surface area (Å²) >= 11 is 6.40. The molecule has 0 amide bonds. The normalized spacial score (nSPS) is 22.1. The summed E-state index contributed by atoms with van der Waals surface area (Å²) in [6.45, 7) is 3.44. The number of pyridine rings is 1. The molecule has 2 N–H and O–H groups in total. The number of β-amino-alcohol motifs (C(OH)–C–C–N with tert-alkyl or cyclic N) is 1. The molecule has 13 heteroatoms. The van der Waals surface area contributed by atoms with Crippen LogP contribution in [0.3, 0.4) is 0 Å². The molecular weight excluding hydrogens is 485 g/mol. The number of aromatic amines is 1. The molecule has 5 rings (SSSR count). The zero-order valence-corrected chi connectivity index (χ0v) is 19.8. The zero-order chi connectivity index (χ0) is 24.0. The van der Waals surface area contributed by atoms with Gasteiger partial charge in [0, 0.05) is 32.1 Å². The van der Waals surface area contributed by atoms with E-state index in [1.807, 2.05) is 6.92 Å². The van der Waals surface area contributed by atoms with Crippen molar-refractivity contribution < 1.29 is 17.9 Å². The maximum absolute atomic E-state index is 13.2. The second kappa shape index (κ2) is 8.84. The van der Waals surface area contributed by atoms with Gasteiger partial charge in [-0.1, -0.05) is 18.5 Å². The van der Waals surface area contributed by atoms with E-state index in [1.54, 1.807) is 4.90 Å². The maximum Gasteiger partial charge on any atom is 0.246 e. The van der Waals surface area contributed by atoms with Gasteiger partial charge in [0.2, 0.25) is 16.0 Å². The Bertz CT molecular complexity index is 1280. The molecule has 2 aliphatic heterocycles. The zero-order valence-electron chi connectivity index (χ0n) is 18.3. The third-order valence-electron chi connectivity index (χ3n) is 6.29. The number of anilines is 1. The Morgan fingerprint density at radius 2 is 1.88 bits per heavy atom. The average molecular weight is 508 g/mol. The highest BCUT2D eigenvalue weighted by atomic mass is 35.5. The number of halogens is 2. The van der Waals surface area contributed by atoms with Crippen LogP contribution in [-0.2, 0) is 10.0 Å². The first kappa shape index (κ1) is 23.1. The summed E-state index contributed by atoms with van der Waals surface area (Å²) in [5.41, 5.74) is 1.19.